The smallest absolute Gasteiger partial charge is 0.256 e. The fourth-order valence-corrected chi connectivity index (χ4v) is 3.58. The fraction of sp³-hybridized carbons (Fsp3) is 0.350. The number of nitrogens with zero attached hydrogens (tertiary/aromatic N) is 3. The Bertz CT molecular complexity index is 1160. The van der Waals surface area contributed by atoms with Crippen molar-refractivity contribution in [3.8, 4) is 11.3 Å². The standard InChI is InChI=1S/C20H23FN4O3S/c1-11(24-29(28)20(2,3)4)13-6-12(21)7-15-14(13)8-17(22-19(15)27)16-9-25(5)23-18(16)10-26/h6-9,26H,10H2,1-5H3,(H,22,27). The molecule has 9 heteroatoms. The summed E-state index contributed by atoms with van der Waals surface area (Å²) in [4.78, 5) is 15.4. The van der Waals surface area contributed by atoms with Crippen LogP contribution in [0.25, 0.3) is 22.0 Å². The molecule has 7 nitrogen and oxygen atoms in total. The molecule has 2 aromatic heterocycles. The van der Waals surface area contributed by atoms with Gasteiger partial charge in [0, 0.05) is 24.4 Å². The number of hydrogen-bond acceptors (Lipinski definition) is 5. The number of aliphatic hydroxyl groups excluding tert-OH is 1. The normalized spacial score (nSPS) is 13.9. The molecule has 0 aliphatic heterocycles. The maximum atomic E-state index is 14.2. The first-order chi connectivity index (χ1) is 13.5. The van der Waals surface area contributed by atoms with Crippen LogP contribution in [0.2, 0.25) is 0 Å². The van der Waals surface area contributed by atoms with Crippen molar-refractivity contribution >= 4 is 27.8 Å². The molecule has 0 bridgehead atoms. The van der Waals surface area contributed by atoms with Gasteiger partial charge in [-0.15, -0.1) is 0 Å². The van der Waals surface area contributed by atoms with Crippen LogP contribution < -0.4 is 5.56 Å². The van der Waals surface area contributed by atoms with Gasteiger partial charge in [0.05, 0.1) is 29.1 Å². The summed E-state index contributed by atoms with van der Waals surface area (Å²) in [6.07, 6.45) is 1.68. The van der Waals surface area contributed by atoms with Crippen LogP contribution in [0.1, 0.15) is 39.0 Å². The Hall–Kier alpha value is -2.49. The quantitative estimate of drug-likeness (QED) is 0.502. The van der Waals surface area contributed by atoms with Gasteiger partial charge < -0.3 is 14.6 Å². The Morgan fingerprint density at radius 1 is 1.34 bits per heavy atom. The molecule has 2 heterocycles. The van der Waals surface area contributed by atoms with E-state index in [1.165, 1.54) is 10.7 Å². The van der Waals surface area contributed by atoms with Gasteiger partial charge in [-0.25, -0.2) is 4.39 Å². The van der Waals surface area contributed by atoms with Gasteiger partial charge in [-0.05, 0) is 51.3 Å². The molecule has 3 aromatic rings. The molecule has 0 amide bonds. The molecule has 0 saturated heterocycles. The Balaban J connectivity index is 2.27. The van der Waals surface area contributed by atoms with Crippen LogP contribution in [0.5, 0.6) is 0 Å². The maximum Gasteiger partial charge on any atom is 0.256 e. The summed E-state index contributed by atoms with van der Waals surface area (Å²) in [5, 5.41) is 14.4. The summed E-state index contributed by atoms with van der Waals surface area (Å²) < 4.78 is 31.9. The monoisotopic (exact) mass is 418 g/mol. The van der Waals surface area contributed by atoms with Crippen molar-refractivity contribution in [1.29, 1.82) is 0 Å². The highest BCUT2D eigenvalue weighted by Crippen LogP contribution is 2.27. The van der Waals surface area contributed by atoms with Crippen LogP contribution >= 0.6 is 0 Å². The van der Waals surface area contributed by atoms with Crippen molar-refractivity contribution < 1.29 is 14.0 Å². The number of benzene rings is 1. The highest BCUT2D eigenvalue weighted by molar-refractivity contribution is 7.91. The van der Waals surface area contributed by atoms with Crippen molar-refractivity contribution in [2.75, 3.05) is 0 Å². The zero-order valence-corrected chi connectivity index (χ0v) is 17.7. The number of aryl methyl sites for hydroxylation is 1. The summed E-state index contributed by atoms with van der Waals surface area (Å²) in [6.45, 7) is 6.74. The van der Waals surface area contributed by atoms with Crippen molar-refractivity contribution in [3.05, 3.63) is 51.8 Å². The molecule has 0 fully saturated rings. The first-order valence-electron chi connectivity index (χ1n) is 8.99. The fourth-order valence-electron chi connectivity index (χ4n) is 2.96. The van der Waals surface area contributed by atoms with Crippen molar-refractivity contribution in [2.45, 2.75) is 39.0 Å². The van der Waals surface area contributed by atoms with Crippen molar-refractivity contribution in [1.82, 2.24) is 14.8 Å². The zero-order valence-electron chi connectivity index (χ0n) is 16.9. The molecule has 1 atom stereocenters. The van der Waals surface area contributed by atoms with Crippen LogP contribution in [0.4, 0.5) is 4.39 Å². The number of nitrogens with one attached hydrogen (secondary N) is 1. The van der Waals surface area contributed by atoms with Crippen LogP contribution in [-0.4, -0.2) is 34.9 Å². The van der Waals surface area contributed by atoms with E-state index >= 15 is 0 Å². The summed E-state index contributed by atoms with van der Waals surface area (Å²) in [6, 6.07) is 4.13. The molecule has 29 heavy (non-hydrogen) atoms. The van der Waals surface area contributed by atoms with Gasteiger partial charge in [-0.3, -0.25) is 9.48 Å². The lowest BCUT2D eigenvalue weighted by Gasteiger charge is -2.19. The molecule has 3 rings (SSSR count). The number of fused-ring (bicyclic) bond motifs is 1. The van der Waals surface area contributed by atoms with Gasteiger partial charge in [-0.2, -0.15) is 5.10 Å². The Kier molecular flexibility index (Phi) is 5.66. The molecule has 0 saturated carbocycles. The third-order valence-electron chi connectivity index (χ3n) is 4.41. The lowest BCUT2D eigenvalue weighted by Crippen LogP contribution is -2.26. The van der Waals surface area contributed by atoms with E-state index in [0.29, 0.717) is 33.6 Å². The number of hydrogen-bond donors (Lipinski definition) is 2. The third-order valence-corrected chi connectivity index (χ3v) is 5.89. The molecular weight excluding hydrogens is 395 g/mol. The number of aromatic nitrogens is 3. The number of aliphatic hydroxyl groups is 1. The average Bonchev–Trinajstić information content (AvgIpc) is 3.01. The lowest BCUT2D eigenvalue weighted by molar-refractivity contribution is 0.276. The Morgan fingerprint density at radius 3 is 2.66 bits per heavy atom. The molecule has 2 N–H and O–H groups in total. The number of rotatable bonds is 4. The molecule has 0 aliphatic rings. The maximum absolute atomic E-state index is 14.2. The van der Waals surface area contributed by atoms with E-state index in [9.17, 15) is 18.8 Å². The molecule has 0 aliphatic carbocycles. The molecule has 1 unspecified atom stereocenters. The summed E-state index contributed by atoms with van der Waals surface area (Å²) in [5.74, 6) is -0.584. The molecule has 0 radical (unpaired) electrons. The highest BCUT2D eigenvalue weighted by Gasteiger charge is 2.27. The second-order valence-electron chi connectivity index (χ2n) is 7.79. The molecule has 154 valence electrons. The number of H-pyrrole nitrogens is 1. The van der Waals surface area contributed by atoms with E-state index in [0.717, 1.165) is 6.07 Å². The van der Waals surface area contributed by atoms with Crippen LogP contribution in [0.3, 0.4) is 0 Å². The molecule has 0 spiro atoms. The predicted molar refractivity (Wildman–Crippen MR) is 113 cm³/mol. The minimum Gasteiger partial charge on any atom is -0.591 e. The van der Waals surface area contributed by atoms with Crippen LogP contribution in [0, 0.1) is 5.82 Å². The van der Waals surface area contributed by atoms with E-state index in [2.05, 4.69) is 14.5 Å². The van der Waals surface area contributed by atoms with Gasteiger partial charge in [-0.1, -0.05) is 4.40 Å². The second-order valence-corrected chi connectivity index (χ2v) is 9.69. The van der Waals surface area contributed by atoms with E-state index in [1.807, 2.05) is 0 Å². The summed E-state index contributed by atoms with van der Waals surface area (Å²) in [7, 11) is 1.71. The van der Waals surface area contributed by atoms with Crippen molar-refractivity contribution in [2.24, 2.45) is 11.4 Å². The number of halogens is 1. The van der Waals surface area contributed by atoms with Gasteiger partial charge >= 0.3 is 0 Å². The number of pyridine rings is 1. The predicted octanol–water partition coefficient (Wildman–Crippen LogP) is 2.83. The summed E-state index contributed by atoms with van der Waals surface area (Å²) >= 11 is -1.53. The molecular formula is C20H23FN4O3S. The number of aromatic amines is 1. The van der Waals surface area contributed by atoms with E-state index < -0.39 is 27.5 Å². The van der Waals surface area contributed by atoms with Gasteiger partial charge in [0.2, 0.25) is 0 Å². The first kappa shape index (κ1) is 21.2. The summed E-state index contributed by atoms with van der Waals surface area (Å²) in [5.41, 5.74) is 1.70. The van der Waals surface area contributed by atoms with E-state index in [-0.39, 0.29) is 12.0 Å². The van der Waals surface area contributed by atoms with Gasteiger partial charge in [0.15, 0.2) is 0 Å². The minimum atomic E-state index is -1.53. The highest BCUT2D eigenvalue weighted by atomic mass is 32.2. The third kappa shape index (κ3) is 4.26. The second kappa shape index (κ2) is 7.74. The van der Waals surface area contributed by atoms with Crippen LogP contribution in [-0.2, 0) is 25.0 Å². The minimum absolute atomic E-state index is 0.161. The topological polar surface area (TPSA) is 106 Å². The van der Waals surface area contributed by atoms with Crippen LogP contribution in [0.15, 0.2) is 33.6 Å². The largest absolute Gasteiger partial charge is 0.591 e. The molecule has 1 aromatic carbocycles. The SMILES string of the molecule is CC(=N[S+]([O-])C(C)(C)C)c1cc(F)cc2c(=O)[nH]c(-c3cn(C)nc3CO)cc12. The Morgan fingerprint density at radius 2 is 2.03 bits per heavy atom. The van der Waals surface area contributed by atoms with Crippen molar-refractivity contribution in [3.63, 3.8) is 0 Å². The average molecular weight is 418 g/mol. The van der Waals surface area contributed by atoms with E-state index in [1.54, 1.807) is 47.0 Å². The first-order valence-corrected chi connectivity index (χ1v) is 10.1. The lowest BCUT2D eigenvalue weighted by atomic mass is 10.0. The Labute approximate surface area is 170 Å². The van der Waals surface area contributed by atoms with Gasteiger partial charge in [0.1, 0.15) is 21.9 Å². The van der Waals surface area contributed by atoms with Gasteiger partial charge in [0.25, 0.3) is 5.56 Å². The zero-order chi connectivity index (χ0) is 21.5. The van der Waals surface area contributed by atoms with E-state index in [4.69, 9.17) is 0 Å².